The summed E-state index contributed by atoms with van der Waals surface area (Å²) in [4.78, 5) is 2.46. The number of hydrogen-bond acceptors (Lipinski definition) is 1. The molecule has 126 valence electrons. The first-order chi connectivity index (χ1) is 11.9. The summed E-state index contributed by atoms with van der Waals surface area (Å²) in [6.45, 7) is 11.3. The van der Waals surface area contributed by atoms with Crippen LogP contribution in [0.2, 0.25) is 0 Å². The highest BCUT2D eigenvalue weighted by Gasteiger charge is 2.37. The second-order valence-corrected chi connectivity index (χ2v) is 7.74. The summed E-state index contributed by atoms with van der Waals surface area (Å²) in [7, 11) is 0. The Balaban J connectivity index is 2.09. The number of benzene rings is 3. The fourth-order valence-electron chi connectivity index (χ4n) is 4.44. The molecule has 1 nitrogen and oxygen atoms in total. The molecule has 0 aromatic heterocycles. The Morgan fingerprint density at radius 2 is 1.12 bits per heavy atom. The van der Waals surface area contributed by atoms with Crippen LogP contribution in [0.25, 0.3) is 0 Å². The molecule has 0 amide bonds. The van der Waals surface area contributed by atoms with Crippen LogP contribution in [0, 0.1) is 20.8 Å². The van der Waals surface area contributed by atoms with E-state index in [1.165, 1.54) is 44.9 Å². The molecule has 0 saturated heterocycles. The highest BCUT2D eigenvalue weighted by Crippen LogP contribution is 2.52. The van der Waals surface area contributed by atoms with Crippen LogP contribution in [0.1, 0.15) is 41.7 Å². The topological polar surface area (TPSA) is 3.24 Å². The maximum absolute atomic E-state index is 2.46. The summed E-state index contributed by atoms with van der Waals surface area (Å²) in [5.41, 5.74) is 10.6. The molecule has 0 saturated carbocycles. The molecule has 1 aliphatic heterocycles. The maximum atomic E-state index is 2.46. The van der Waals surface area contributed by atoms with Gasteiger partial charge in [-0.05, 0) is 55.2 Å². The lowest BCUT2D eigenvalue weighted by atomic mass is 9.73. The molecule has 4 rings (SSSR count). The average molecular weight is 327 g/mol. The largest absolute Gasteiger partial charge is 0.309 e. The predicted octanol–water partition coefficient (Wildman–Crippen LogP) is 6.72. The molecule has 25 heavy (non-hydrogen) atoms. The van der Waals surface area contributed by atoms with E-state index in [1.807, 2.05) is 0 Å². The molecule has 0 unspecified atom stereocenters. The zero-order chi connectivity index (χ0) is 17.8. The van der Waals surface area contributed by atoms with Crippen molar-refractivity contribution in [2.24, 2.45) is 0 Å². The van der Waals surface area contributed by atoms with Crippen molar-refractivity contribution in [1.82, 2.24) is 0 Å². The van der Waals surface area contributed by atoms with Gasteiger partial charge in [0.25, 0.3) is 0 Å². The molecule has 3 aromatic rings. The van der Waals surface area contributed by atoms with Crippen LogP contribution in [0.3, 0.4) is 0 Å². The Labute approximate surface area is 150 Å². The standard InChI is InChI=1S/C24H25N/c1-16-14-17(2)23(18(3)15-16)25-21-12-8-6-10-19(21)24(4,5)20-11-7-9-13-22(20)25/h6-15H,1-5H3. The van der Waals surface area contributed by atoms with E-state index in [2.05, 4.69) is 100 Å². The zero-order valence-electron chi connectivity index (χ0n) is 15.7. The summed E-state index contributed by atoms with van der Waals surface area (Å²) in [5, 5.41) is 0. The Kier molecular flexibility index (Phi) is 3.50. The van der Waals surface area contributed by atoms with Gasteiger partial charge in [-0.25, -0.2) is 0 Å². The van der Waals surface area contributed by atoms with Gasteiger partial charge < -0.3 is 4.90 Å². The molecule has 0 radical (unpaired) electrons. The first-order valence-corrected chi connectivity index (χ1v) is 8.98. The highest BCUT2D eigenvalue weighted by molar-refractivity contribution is 5.88. The van der Waals surface area contributed by atoms with E-state index in [-0.39, 0.29) is 5.41 Å². The minimum absolute atomic E-state index is 0.00378. The van der Waals surface area contributed by atoms with E-state index in [4.69, 9.17) is 0 Å². The summed E-state index contributed by atoms with van der Waals surface area (Å²) >= 11 is 0. The van der Waals surface area contributed by atoms with E-state index in [0.717, 1.165) is 0 Å². The summed E-state index contributed by atoms with van der Waals surface area (Å²) < 4.78 is 0. The second kappa shape index (κ2) is 5.49. The molecular formula is C24H25N. The average Bonchev–Trinajstić information content (AvgIpc) is 2.57. The Bertz CT molecular complexity index is 893. The van der Waals surface area contributed by atoms with Crippen molar-refractivity contribution < 1.29 is 0 Å². The Hall–Kier alpha value is -2.54. The van der Waals surface area contributed by atoms with Crippen LogP contribution in [0.4, 0.5) is 17.1 Å². The SMILES string of the molecule is Cc1cc(C)c(N2c3ccccc3C(C)(C)c3ccccc32)c(C)c1. The normalized spacial score (nSPS) is 14.8. The molecular weight excluding hydrogens is 302 g/mol. The summed E-state index contributed by atoms with van der Waals surface area (Å²) in [6, 6.07) is 22.2. The van der Waals surface area contributed by atoms with Crippen molar-refractivity contribution in [2.45, 2.75) is 40.0 Å². The van der Waals surface area contributed by atoms with Crippen LogP contribution in [-0.2, 0) is 5.41 Å². The van der Waals surface area contributed by atoms with Crippen molar-refractivity contribution >= 4 is 17.1 Å². The molecule has 1 heteroatoms. The molecule has 0 N–H and O–H groups in total. The van der Waals surface area contributed by atoms with E-state index in [9.17, 15) is 0 Å². The van der Waals surface area contributed by atoms with Crippen molar-refractivity contribution in [3.05, 3.63) is 88.5 Å². The lowest BCUT2D eigenvalue weighted by Gasteiger charge is -2.43. The van der Waals surface area contributed by atoms with Crippen molar-refractivity contribution in [1.29, 1.82) is 0 Å². The highest BCUT2D eigenvalue weighted by atomic mass is 15.2. The second-order valence-electron chi connectivity index (χ2n) is 7.74. The van der Waals surface area contributed by atoms with Crippen molar-refractivity contribution in [3.8, 4) is 0 Å². The molecule has 0 spiro atoms. The Morgan fingerprint density at radius 1 is 0.680 bits per heavy atom. The van der Waals surface area contributed by atoms with E-state index >= 15 is 0 Å². The van der Waals surface area contributed by atoms with E-state index in [0.29, 0.717) is 0 Å². The number of fused-ring (bicyclic) bond motifs is 2. The third kappa shape index (κ3) is 2.30. The number of nitrogens with zero attached hydrogens (tertiary/aromatic N) is 1. The van der Waals surface area contributed by atoms with Gasteiger partial charge in [0.2, 0.25) is 0 Å². The molecule has 0 fully saturated rings. The lowest BCUT2D eigenvalue weighted by molar-refractivity contribution is 0.631. The summed E-state index contributed by atoms with van der Waals surface area (Å²) in [5.74, 6) is 0. The van der Waals surface area contributed by atoms with Crippen LogP contribution >= 0.6 is 0 Å². The monoisotopic (exact) mass is 327 g/mol. The third-order valence-electron chi connectivity index (χ3n) is 5.50. The van der Waals surface area contributed by atoms with Gasteiger partial charge in [-0.2, -0.15) is 0 Å². The van der Waals surface area contributed by atoms with Gasteiger partial charge in [0.15, 0.2) is 0 Å². The molecule has 1 aliphatic rings. The minimum atomic E-state index is -0.00378. The van der Waals surface area contributed by atoms with E-state index in [1.54, 1.807) is 0 Å². The van der Waals surface area contributed by atoms with Gasteiger partial charge in [-0.3, -0.25) is 0 Å². The first-order valence-electron chi connectivity index (χ1n) is 8.98. The fraction of sp³-hybridized carbons (Fsp3) is 0.250. The fourth-order valence-corrected chi connectivity index (χ4v) is 4.44. The molecule has 0 atom stereocenters. The number of para-hydroxylation sites is 2. The van der Waals surface area contributed by atoms with Gasteiger partial charge in [0, 0.05) is 5.41 Å². The van der Waals surface area contributed by atoms with Gasteiger partial charge in [-0.1, -0.05) is 67.9 Å². The van der Waals surface area contributed by atoms with Gasteiger partial charge in [0.05, 0.1) is 17.1 Å². The van der Waals surface area contributed by atoms with Crippen molar-refractivity contribution in [2.75, 3.05) is 4.90 Å². The smallest absolute Gasteiger partial charge is 0.0520 e. The first kappa shape index (κ1) is 16.0. The summed E-state index contributed by atoms with van der Waals surface area (Å²) in [6.07, 6.45) is 0. The zero-order valence-corrected chi connectivity index (χ0v) is 15.7. The minimum Gasteiger partial charge on any atom is -0.309 e. The quantitative estimate of drug-likeness (QED) is 0.479. The number of rotatable bonds is 1. The molecule has 3 aromatic carbocycles. The lowest BCUT2D eigenvalue weighted by Crippen LogP contribution is -2.31. The third-order valence-corrected chi connectivity index (χ3v) is 5.50. The molecule has 0 bridgehead atoms. The van der Waals surface area contributed by atoms with Crippen LogP contribution in [0.15, 0.2) is 60.7 Å². The number of aryl methyl sites for hydroxylation is 3. The predicted molar refractivity (Wildman–Crippen MR) is 107 cm³/mol. The van der Waals surface area contributed by atoms with E-state index < -0.39 is 0 Å². The van der Waals surface area contributed by atoms with Crippen LogP contribution in [0.5, 0.6) is 0 Å². The molecule has 1 heterocycles. The van der Waals surface area contributed by atoms with Crippen LogP contribution in [-0.4, -0.2) is 0 Å². The van der Waals surface area contributed by atoms with Gasteiger partial charge in [-0.15, -0.1) is 0 Å². The Morgan fingerprint density at radius 3 is 1.60 bits per heavy atom. The molecule has 0 aliphatic carbocycles. The maximum Gasteiger partial charge on any atom is 0.0520 e. The number of hydrogen-bond donors (Lipinski definition) is 0. The number of anilines is 3. The van der Waals surface area contributed by atoms with Crippen molar-refractivity contribution in [3.63, 3.8) is 0 Å². The van der Waals surface area contributed by atoms with Gasteiger partial charge >= 0.3 is 0 Å². The van der Waals surface area contributed by atoms with Crippen LogP contribution < -0.4 is 4.90 Å². The van der Waals surface area contributed by atoms with Gasteiger partial charge in [0.1, 0.15) is 0 Å².